The molecular formula is C16H20ClN3S. The van der Waals surface area contributed by atoms with Crippen LogP contribution in [0.5, 0.6) is 0 Å². The van der Waals surface area contributed by atoms with Gasteiger partial charge in [-0.1, -0.05) is 0 Å². The second kappa shape index (κ2) is 5.40. The Kier molecular flexibility index (Phi) is 3.54. The van der Waals surface area contributed by atoms with E-state index in [1.807, 2.05) is 11.3 Å². The van der Waals surface area contributed by atoms with Crippen molar-refractivity contribution in [1.29, 1.82) is 0 Å². The average Bonchev–Trinajstić information content (AvgIpc) is 2.85. The van der Waals surface area contributed by atoms with Crippen LogP contribution in [0.2, 0.25) is 5.28 Å². The summed E-state index contributed by atoms with van der Waals surface area (Å²) < 4.78 is 0. The van der Waals surface area contributed by atoms with Gasteiger partial charge in [0, 0.05) is 17.5 Å². The van der Waals surface area contributed by atoms with Crippen LogP contribution in [-0.4, -0.2) is 22.6 Å². The fraction of sp³-hybridized carbons (Fsp3) is 0.625. The van der Waals surface area contributed by atoms with Gasteiger partial charge in [-0.3, -0.25) is 0 Å². The zero-order valence-corrected chi connectivity index (χ0v) is 13.9. The number of nitrogens with zero attached hydrogens (tertiary/aromatic N) is 3. The number of hydrogen-bond acceptors (Lipinski definition) is 4. The second-order valence-corrected chi connectivity index (χ2v) is 7.67. The summed E-state index contributed by atoms with van der Waals surface area (Å²) in [5, 5.41) is 1.70. The van der Waals surface area contributed by atoms with Crippen molar-refractivity contribution >= 4 is 39.0 Å². The quantitative estimate of drug-likeness (QED) is 0.719. The lowest BCUT2D eigenvalue weighted by atomic mass is 9.96. The zero-order chi connectivity index (χ0) is 14.4. The summed E-state index contributed by atoms with van der Waals surface area (Å²) in [6.45, 7) is 3.40. The monoisotopic (exact) mass is 321 g/mol. The van der Waals surface area contributed by atoms with Gasteiger partial charge in [0.15, 0.2) is 0 Å². The first kappa shape index (κ1) is 13.8. The maximum atomic E-state index is 6.21. The van der Waals surface area contributed by atoms with E-state index in [0.29, 0.717) is 11.3 Å². The van der Waals surface area contributed by atoms with Gasteiger partial charge >= 0.3 is 0 Å². The standard InChI is InChI=1S/C16H20ClN3S/c1-10-6-4-5-9-20(10)14-13-11-7-2-3-8-12(11)21-15(13)19-16(17)18-14/h10H,2-9H2,1H3. The topological polar surface area (TPSA) is 29.0 Å². The van der Waals surface area contributed by atoms with Gasteiger partial charge in [-0.25, -0.2) is 4.98 Å². The van der Waals surface area contributed by atoms with Gasteiger partial charge in [-0.05, 0) is 69.0 Å². The molecule has 112 valence electrons. The third-order valence-corrected chi connectivity index (χ3v) is 6.20. The highest BCUT2D eigenvalue weighted by Crippen LogP contribution is 2.41. The second-order valence-electron chi connectivity index (χ2n) is 6.25. The van der Waals surface area contributed by atoms with Crippen molar-refractivity contribution in [2.24, 2.45) is 0 Å². The van der Waals surface area contributed by atoms with Crippen LogP contribution in [0.15, 0.2) is 0 Å². The third kappa shape index (κ3) is 2.33. The third-order valence-electron chi connectivity index (χ3n) is 4.84. The number of thiophene rings is 1. The Morgan fingerprint density at radius 2 is 2.00 bits per heavy atom. The van der Waals surface area contributed by atoms with Gasteiger partial charge < -0.3 is 4.90 Å². The van der Waals surface area contributed by atoms with Gasteiger partial charge in [0.1, 0.15) is 10.6 Å². The molecule has 1 aliphatic heterocycles. The maximum absolute atomic E-state index is 6.21. The molecule has 3 nitrogen and oxygen atoms in total. The van der Waals surface area contributed by atoms with Crippen LogP contribution < -0.4 is 4.90 Å². The summed E-state index contributed by atoms with van der Waals surface area (Å²) >= 11 is 8.04. The van der Waals surface area contributed by atoms with Crippen molar-refractivity contribution in [3.05, 3.63) is 15.7 Å². The number of hydrogen-bond donors (Lipinski definition) is 0. The Bertz CT molecular complexity index is 682. The van der Waals surface area contributed by atoms with Crippen LogP contribution in [0.25, 0.3) is 10.2 Å². The van der Waals surface area contributed by atoms with E-state index in [2.05, 4.69) is 21.8 Å². The van der Waals surface area contributed by atoms with Crippen molar-refractivity contribution in [3.8, 4) is 0 Å². The molecule has 0 aromatic carbocycles. The first-order valence-corrected chi connectivity index (χ1v) is 9.18. The van der Waals surface area contributed by atoms with E-state index in [-0.39, 0.29) is 0 Å². The molecule has 4 rings (SSSR count). The van der Waals surface area contributed by atoms with E-state index in [1.54, 1.807) is 0 Å². The minimum atomic E-state index is 0.397. The normalized spacial score (nSPS) is 22.6. The first-order chi connectivity index (χ1) is 10.2. The smallest absolute Gasteiger partial charge is 0.225 e. The van der Waals surface area contributed by atoms with E-state index >= 15 is 0 Å². The molecule has 1 unspecified atom stereocenters. The first-order valence-electron chi connectivity index (χ1n) is 7.98. The number of rotatable bonds is 1. The largest absolute Gasteiger partial charge is 0.353 e. The van der Waals surface area contributed by atoms with Gasteiger partial charge in [0.2, 0.25) is 5.28 Å². The number of aromatic nitrogens is 2. The molecule has 2 aliphatic rings. The summed E-state index contributed by atoms with van der Waals surface area (Å²) in [6.07, 6.45) is 8.78. The number of anilines is 1. The minimum absolute atomic E-state index is 0.397. The number of aryl methyl sites for hydroxylation is 2. The summed E-state index contributed by atoms with van der Waals surface area (Å²) in [5.74, 6) is 1.09. The fourth-order valence-electron chi connectivity index (χ4n) is 3.73. The molecule has 1 saturated heterocycles. The summed E-state index contributed by atoms with van der Waals surface area (Å²) in [7, 11) is 0. The minimum Gasteiger partial charge on any atom is -0.353 e. The molecule has 0 amide bonds. The highest BCUT2D eigenvalue weighted by molar-refractivity contribution is 7.19. The van der Waals surface area contributed by atoms with E-state index in [9.17, 15) is 0 Å². The van der Waals surface area contributed by atoms with Crippen LogP contribution in [0.1, 0.15) is 49.5 Å². The van der Waals surface area contributed by atoms with E-state index in [0.717, 1.165) is 17.2 Å². The number of piperidine rings is 1. The Balaban J connectivity index is 1.92. The molecule has 1 fully saturated rings. The molecule has 3 heterocycles. The van der Waals surface area contributed by atoms with Crippen molar-refractivity contribution in [3.63, 3.8) is 0 Å². The number of halogens is 1. The van der Waals surface area contributed by atoms with Gasteiger partial charge in [-0.15, -0.1) is 11.3 Å². The fourth-order valence-corrected chi connectivity index (χ4v) is 5.20. The Hall–Kier alpha value is -0.870. The molecule has 1 aliphatic carbocycles. The van der Waals surface area contributed by atoms with Crippen LogP contribution >= 0.6 is 22.9 Å². The van der Waals surface area contributed by atoms with Crippen molar-refractivity contribution in [1.82, 2.24) is 9.97 Å². The van der Waals surface area contributed by atoms with E-state index in [4.69, 9.17) is 11.6 Å². The molecule has 0 N–H and O–H groups in total. The van der Waals surface area contributed by atoms with Crippen molar-refractivity contribution < 1.29 is 0 Å². The van der Waals surface area contributed by atoms with E-state index in [1.165, 1.54) is 60.8 Å². The van der Waals surface area contributed by atoms with Gasteiger partial charge in [0.05, 0.1) is 5.39 Å². The molecule has 0 radical (unpaired) electrons. The molecule has 0 spiro atoms. The summed E-state index contributed by atoms with van der Waals surface area (Å²) in [6, 6.07) is 0.548. The Labute approximate surface area is 134 Å². The van der Waals surface area contributed by atoms with Crippen LogP contribution in [0, 0.1) is 0 Å². The van der Waals surface area contributed by atoms with Gasteiger partial charge in [0.25, 0.3) is 0 Å². The number of fused-ring (bicyclic) bond motifs is 3. The molecule has 2 aromatic rings. The lowest BCUT2D eigenvalue weighted by Gasteiger charge is -2.35. The molecular weight excluding hydrogens is 302 g/mol. The highest BCUT2D eigenvalue weighted by Gasteiger charge is 2.27. The predicted octanol–water partition coefficient (Wildman–Crippen LogP) is 4.60. The lowest BCUT2D eigenvalue weighted by Crippen LogP contribution is -2.38. The summed E-state index contributed by atoms with van der Waals surface area (Å²) in [5.41, 5.74) is 1.51. The molecule has 21 heavy (non-hydrogen) atoms. The van der Waals surface area contributed by atoms with Crippen LogP contribution in [0.3, 0.4) is 0 Å². The van der Waals surface area contributed by atoms with Crippen LogP contribution in [0.4, 0.5) is 5.82 Å². The molecule has 5 heteroatoms. The SMILES string of the molecule is CC1CCCCN1c1nc(Cl)nc2sc3c(c12)CCCC3. The highest BCUT2D eigenvalue weighted by atomic mass is 35.5. The Morgan fingerprint density at radius 1 is 1.14 bits per heavy atom. The van der Waals surface area contributed by atoms with E-state index < -0.39 is 0 Å². The molecule has 2 aromatic heterocycles. The Morgan fingerprint density at radius 3 is 2.86 bits per heavy atom. The molecule has 0 saturated carbocycles. The van der Waals surface area contributed by atoms with Crippen LogP contribution in [-0.2, 0) is 12.8 Å². The van der Waals surface area contributed by atoms with Crippen molar-refractivity contribution in [2.45, 2.75) is 57.9 Å². The molecule has 1 atom stereocenters. The molecule has 0 bridgehead atoms. The summed E-state index contributed by atoms with van der Waals surface area (Å²) in [4.78, 5) is 14.2. The maximum Gasteiger partial charge on any atom is 0.225 e. The van der Waals surface area contributed by atoms with Crippen molar-refractivity contribution in [2.75, 3.05) is 11.4 Å². The predicted molar refractivity (Wildman–Crippen MR) is 89.7 cm³/mol. The lowest BCUT2D eigenvalue weighted by molar-refractivity contribution is 0.482. The van der Waals surface area contributed by atoms with Gasteiger partial charge in [-0.2, -0.15) is 4.98 Å². The average molecular weight is 322 g/mol. The zero-order valence-electron chi connectivity index (χ0n) is 12.4.